The topological polar surface area (TPSA) is 67.8 Å². The van der Waals surface area contributed by atoms with Crippen molar-refractivity contribution < 1.29 is 14.3 Å². The van der Waals surface area contributed by atoms with Crippen LogP contribution in [0.25, 0.3) is 0 Å². The fourth-order valence-corrected chi connectivity index (χ4v) is 2.96. The fraction of sp³-hybridized carbons (Fsp3) is 0.0455. The number of ether oxygens (including phenoxy) is 1. The van der Waals surface area contributed by atoms with Gasteiger partial charge in [-0.15, -0.1) is 0 Å². The molecule has 3 aromatic carbocycles. The molecule has 146 valence electrons. The molecular formula is C22H16Cl2N2O3. The smallest absolute Gasteiger partial charge is 0.345 e. The van der Waals surface area contributed by atoms with Gasteiger partial charge >= 0.3 is 5.97 Å². The molecule has 0 heterocycles. The number of hydrogen-bond donors (Lipinski definition) is 1. The van der Waals surface area contributed by atoms with Gasteiger partial charge in [-0.3, -0.25) is 4.79 Å². The van der Waals surface area contributed by atoms with Crippen molar-refractivity contribution >= 4 is 41.3 Å². The second-order valence-electron chi connectivity index (χ2n) is 6.04. The molecule has 0 radical (unpaired) electrons. The second-order valence-corrected chi connectivity index (χ2v) is 6.89. The predicted octanol–water partition coefficient (Wildman–Crippen LogP) is 4.91. The lowest BCUT2D eigenvalue weighted by atomic mass is 10.1. The lowest BCUT2D eigenvalue weighted by molar-refractivity contribution is -0.120. The Hall–Kier alpha value is -3.15. The number of amides is 1. The molecular weight excluding hydrogens is 411 g/mol. The predicted molar refractivity (Wildman–Crippen MR) is 114 cm³/mol. The highest BCUT2D eigenvalue weighted by Gasteiger charge is 2.13. The molecule has 0 aromatic heterocycles. The van der Waals surface area contributed by atoms with E-state index in [9.17, 15) is 9.59 Å². The van der Waals surface area contributed by atoms with E-state index in [0.717, 1.165) is 5.56 Å². The maximum atomic E-state index is 12.3. The monoisotopic (exact) mass is 426 g/mol. The fourth-order valence-electron chi connectivity index (χ4n) is 2.47. The van der Waals surface area contributed by atoms with Crippen LogP contribution in [-0.2, 0) is 11.2 Å². The highest BCUT2D eigenvalue weighted by Crippen LogP contribution is 2.23. The van der Waals surface area contributed by atoms with E-state index in [1.807, 2.05) is 30.3 Å². The molecule has 3 rings (SSSR count). The van der Waals surface area contributed by atoms with Crippen LogP contribution < -0.4 is 10.2 Å². The summed E-state index contributed by atoms with van der Waals surface area (Å²) < 4.78 is 5.35. The quantitative estimate of drug-likeness (QED) is 0.263. The maximum Gasteiger partial charge on any atom is 0.345 e. The summed E-state index contributed by atoms with van der Waals surface area (Å²) >= 11 is 11.9. The summed E-state index contributed by atoms with van der Waals surface area (Å²) in [6, 6.07) is 20.6. The van der Waals surface area contributed by atoms with Crippen molar-refractivity contribution in [2.45, 2.75) is 6.42 Å². The Morgan fingerprint density at radius 2 is 1.76 bits per heavy atom. The van der Waals surface area contributed by atoms with Gasteiger partial charge in [-0.05, 0) is 41.5 Å². The molecule has 0 saturated carbocycles. The van der Waals surface area contributed by atoms with Gasteiger partial charge in [-0.25, -0.2) is 10.2 Å². The van der Waals surface area contributed by atoms with Crippen molar-refractivity contribution in [1.82, 2.24) is 5.43 Å². The highest BCUT2D eigenvalue weighted by atomic mass is 35.5. The molecule has 3 aromatic rings. The van der Waals surface area contributed by atoms with Gasteiger partial charge in [0.1, 0.15) is 5.75 Å². The average molecular weight is 427 g/mol. The van der Waals surface area contributed by atoms with E-state index in [-0.39, 0.29) is 22.9 Å². The first-order chi connectivity index (χ1) is 14.0. The Morgan fingerprint density at radius 1 is 0.966 bits per heavy atom. The van der Waals surface area contributed by atoms with E-state index >= 15 is 0 Å². The van der Waals surface area contributed by atoms with E-state index in [1.54, 1.807) is 30.3 Å². The van der Waals surface area contributed by atoms with E-state index in [2.05, 4.69) is 10.5 Å². The van der Waals surface area contributed by atoms with Crippen molar-refractivity contribution in [2.75, 3.05) is 0 Å². The van der Waals surface area contributed by atoms with Gasteiger partial charge in [0.2, 0.25) is 5.91 Å². The lowest BCUT2D eigenvalue weighted by Gasteiger charge is -2.07. The third-order valence-electron chi connectivity index (χ3n) is 3.83. The van der Waals surface area contributed by atoms with Crippen molar-refractivity contribution in [2.24, 2.45) is 5.10 Å². The molecule has 1 N–H and O–H groups in total. The van der Waals surface area contributed by atoms with E-state index in [4.69, 9.17) is 27.9 Å². The first kappa shape index (κ1) is 20.6. The first-order valence-corrected chi connectivity index (χ1v) is 9.40. The van der Waals surface area contributed by atoms with Crippen LogP contribution in [0.1, 0.15) is 21.5 Å². The largest absolute Gasteiger partial charge is 0.423 e. The molecule has 0 aliphatic heterocycles. The Kier molecular flexibility index (Phi) is 7.00. The van der Waals surface area contributed by atoms with Crippen LogP contribution in [0.3, 0.4) is 0 Å². The number of halogens is 2. The minimum Gasteiger partial charge on any atom is -0.423 e. The SMILES string of the molecule is O=C(Cc1ccccc1)NN=Cc1cccc(OC(=O)c2ccc(Cl)cc2Cl)c1. The summed E-state index contributed by atoms with van der Waals surface area (Å²) in [5, 5.41) is 4.58. The van der Waals surface area contributed by atoms with Crippen molar-refractivity contribution in [1.29, 1.82) is 0 Å². The standard InChI is InChI=1S/C22H16Cl2N2O3/c23-17-9-10-19(20(24)13-17)22(28)29-18-8-4-7-16(11-18)14-25-26-21(27)12-15-5-2-1-3-6-15/h1-11,13-14H,12H2,(H,26,27). The number of benzene rings is 3. The van der Waals surface area contributed by atoms with Crippen LogP contribution in [0.2, 0.25) is 10.0 Å². The van der Waals surface area contributed by atoms with Crippen molar-refractivity contribution in [3.05, 3.63) is 99.5 Å². The second kappa shape index (κ2) is 9.87. The van der Waals surface area contributed by atoms with Crippen molar-refractivity contribution in [3.8, 4) is 5.75 Å². The normalized spacial score (nSPS) is 10.7. The number of esters is 1. The van der Waals surface area contributed by atoms with Crippen LogP contribution in [-0.4, -0.2) is 18.1 Å². The van der Waals surface area contributed by atoms with Gasteiger partial charge < -0.3 is 4.74 Å². The van der Waals surface area contributed by atoms with Gasteiger partial charge in [0.15, 0.2) is 0 Å². The first-order valence-electron chi connectivity index (χ1n) is 8.64. The summed E-state index contributed by atoms with van der Waals surface area (Å²) in [5.41, 5.74) is 4.23. The lowest BCUT2D eigenvalue weighted by Crippen LogP contribution is -2.19. The molecule has 0 aliphatic carbocycles. The molecule has 0 aliphatic rings. The van der Waals surface area contributed by atoms with Crippen LogP contribution in [0.5, 0.6) is 5.75 Å². The third kappa shape index (κ3) is 6.17. The minimum absolute atomic E-state index is 0.210. The van der Waals surface area contributed by atoms with Crippen LogP contribution in [0, 0.1) is 0 Å². The van der Waals surface area contributed by atoms with Crippen LogP contribution in [0.15, 0.2) is 77.9 Å². The van der Waals surface area contributed by atoms with Gasteiger partial charge in [0.25, 0.3) is 0 Å². The van der Waals surface area contributed by atoms with E-state index < -0.39 is 5.97 Å². The molecule has 0 atom stereocenters. The molecule has 7 heteroatoms. The zero-order valence-electron chi connectivity index (χ0n) is 15.1. The van der Waals surface area contributed by atoms with Gasteiger partial charge in [0.05, 0.1) is 23.2 Å². The number of carbonyl (C=O) groups excluding carboxylic acids is 2. The summed E-state index contributed by atoms with van der Waals surface area (Å²) in [6.45, 7) is 0. The zero-order chi connectivity index (χ0) is 20.6. The molecule has 0 saturated heterocycles. The molecule has 0 spiro atoms. The maximum absolute atomic E-state index is 12.3. The highest BCUT2D eigenvalue weighted by molar-refractivity contribution is 6.36. The summed E-state index contributed by atoms with van der Waals surface area (Å²) in [7, 11) is 0. The van der Waals surface area contributed by atoms with E-state index in [1.165, 1.54) is 18.3 Å². The van der Waals surface area contributed by atoms with Crippen molar-refractivity contribution in [3.63, 3.8) is 0 Å². The number of rotatable bonds is 6. The zero-order valence-corrected chi connectivity index (χ0v) is 16.7. The Bertz CT molecular complexity index is 1050. The summed E-state index contributed by atoms with van der Waals surface area (Å²) in [5.74, 6) is -0.509. The number of hydrazone groups is 1. The van der Waals surface area contributed by atoms with Crippen LogP contribution in [0.4, 0.5) is 0 Å². The third-order valence-corrected chi connectivity index (χ3v) is 4.38. The number of nitrogens with one attached hydrogen (secondary N) is 1. The Balaban J connectivity index is 1.59. The van der Waals surface area contributed by atoms with Gasteiger partial charge in [-0.2, -0.15) is 5.10 Å². The number of hydrogen-bond acceptors (Lipinski definition) is 4. The number of carbonyl (C=O) groups is 2. The molecule has 1 amide bonds. The average Bonchev–Trinajstić information content (AvgIpc) is 2.69. The Morgan fingerprint density at radius 3 is 2.52 bits per heavy atom. The summed E-state index contributed by atoms with van der Waals surface area (Å²) in [6.07, 6.45) is 1.70. The number of nitrogens with zero attached hydrogens (tertiary/aromatic N) is 1. The molecule has 0 fully saturated rings. The van der Waals surface area contributed by atoms with Crippen LogP contribution >= 0.6 is 23.2 Å². The van der Waals surface area contributed by atoms with E-state index in [0.29, 0.717) is 16.3 Å². The van der Waals surface area contributed by atoms with Gasteiger partial charge in [-0.1, -0.05) is 65.7 Å². The molecule has 0 bridgehead atoms. The minimum atomic E-state index is -0.600. The molecule has 5 nitrogen and oxygen atoms in total. The van der Waals surface area contributed by atoms with Gasteiger partial charge in [0, 0.05) is 5.02 Å². The molecule has 29 heavy (non-hydrogen) atoms. The Labute approximate surface area is 177 Å². The summed E-state index contributed by atoms with van der Waals surface area (Å²) in [4.78, 5) is 24.2. The molecule has 0 unspecified atom stereocenters.